The number of aromatic nitrogens is 8. The van der Waals surface area contributed by atoms with Crippen LogP contribution in [0.3, 0.4) is 0 Å². The van der Waals surface area contributed by atoms with Crippen LogP contribution in [-0.4, -0.2) is 81.9 Å². The maximum atomic E-state index is 15.4. The molecule has 0 radical (unpaired) electrons. The van der Waals surface area contributed by atoms with Gasteiger partial charge in [0.2, 0.25) is 11.8 Å². The van der Waals surface area contributed by atoms with E-state index in [1.165, 1.54) is 22.9 Å². The normalized spacial score (nSPS) is 15.6. The average molecular weight is 811 g/mol. The number of pyridine rings is 1. The largest absolute Gasteiger partial charge is 0.345 e. The first-order chi connectivity index (χ1) is 28.9. The van der Waals surface area contributed by atoms with Crippen molar-refractivity contribution >= 4 is 40.1 Å². The minimum absolute atomic E-state index is 0.0570. The van der Waals surface area contributed by atoms with Crippen molar-refractivity contribution in [3.05, 3.63) is 108 Å². The molecule has 5 aromatic heterocycles. The summed E-state index contributed by atoms with van der Waals surface area (Å²) in [4.78, 5) is 54.2. The van der Waals surface area contributed by atoms with Crippen LogP contribution in [0, 0.1) is 5.82 Å². The van der Waals surface area contributed by atoms with E-state index in [2.05, 4.69) is 59.1 Å². The van der Waals surface area contributed by atoms with Gasteiger partial charge in [-0.05, 0) is 73.3 Å². The number of nitrogens with zero attached hydrogens (tertiary/aromatic N) is 10. The predicted octanol–water partition coefficient (Wildman–Crippen LogP) is 5.92. The molecular weight excluding hydrogens is 768 g/mol. The summed E-state index contributed by atoms with van der Waals surface area (Å²) in [6.45, 7) is 8.64. The van der Waals surface area contributed by atoms with E-state index >= 15 is 4.39 Å². The third-order valence-corrected chi connectivity index (χ3v) is 11.2. The van der Waals surface area contributed by atoms with Crippen molar-refractivity contribution in [2.45, 2.75) is 64.5 Å². The van der Waals surface area contributed by atoms with Gasteiger partial charge in [0.1, 0.15) is 12.1 Å². The Morgan fingerprint density at radius 2 is 1.82 bits per heavy atom. The molecule has 0 atom stereocenters. The summed E-state index contributed by atoms with van der Waals surface area (Å²) in [6.07, 6.45) is 7.51. The Labute approximate surface area is 343 Å². The van der Waals surface area contributed by atoms with Crippen molar-refractivity contribution in [1.82, 2.24) is 55.0 Å². The van der Waals surface area contributed by atoms with E-state index in [9.17, 15) is 14.4 Å². The van der Waals surface area contributed by atoms with E-state index in [1.54, 1.807) is 21.3 Å². The van der Waals surface area contributed by atoms with Crippen LogP contribution in [0.4, 0.5) is 15.0 Å². The Morgan fingerprint density at radius 3 is 2.55 bits per heavy atom. The molecule has 306 valence electrons. The van der Waals surface area contributed by atoms with E-state index in [4.69, 9.17) is 9.51 Å². The number of imide groups is 1. The Bertz CT molecular complexity index is 2780. The lowest BCUT2D eigenvalue weighted by molar-refractivity contribution is -0.120. The number of anilines is 1. The molecule has 2 aliphatic rings. The number of aryl methyl sites for hydroxylation is 1. The number of hydrogen-bond acceptors (Lipinski definition) is 11. The number of carbonyl (C=O) groups is 3. The molecule has 17 heteroatoms. The second-order valence-electron chi connectivity index (χ2n) is 16.4. The number of hydrogen-bond donors (Lipinski definition) is 2. The fraction of sp³-hybridized carbons (Fsp3) is 0.326. The molecule has 2 aliphatic heterocycles. The monoisotopic (exact) mass is 810 g/mol. The topological polar surface area (TPSA) is 182 Å². The molecule has 0 unspecified atom stereocenters. The lowest BCUT2D eigenvalue weighted by Crippen LogP contribution is -2.49. The zero-order valence-electron chi connectivity index (χ0n) is 33.6. The van der Waals surface area contributed by atoms with Gasteiger partial charge in [-0.3, -0.25) is 34.4 Å². The molecule has 0 saturated carbocycles. The highest BCUT2D eigenvalue weighted by Gasteiger charge is 2.29. The minimum Gasteiger partial charge on any atom is -0.345 e. The Balaban J connectivity index is 0.819. The Morgan fingerprint density at radius 1 is 0.983 bits per heavy atom. The van der Waals surface area contributed by atoms with Crippen LogP contribution in [0.25, 0.3) is 38.9 Å². The number of rotatable bonds is 9. The molecule has 0 aliphatic carbocycles. The summed E-state index contributed by atoms with van der Waals surface area (Å²) in [5.41, 5.74) is 6.68. The smallest absolute Gasteiger partial charge is 0.329 e. The summed E-state index contributed by atoms with van der Waals surface area (Å²) >= 11 is 0. The molecule has 2 N–H and O–H groups in total. The summed E-state index contributed by atoms with van der Waals surface area (Å²) in [5.74, 6) is -0.104. The van der Waals surface area contributed by atoms with Gasteiger partial charge in [-0.15, -0.1) is 0 Å². The lowest BCUT2D eigenvalue weighted by Gasteiger charge is -2.32. The zero-order valence-corrected chi connectivity index (χ0v) is 33.6. The number of halogens is 1. The van der Waals surface area contributed by atoms with Gasteiger partial charge in [0.15, 0.2) is 5.82 Å². The molecule has 0 bridgehead atoms. The predicted molar refractivity (Wildman–Crippen MR) is 219 cm³/mol. The van der Waals surface area contributed by atoms with Gasteiger partial charge in [-0.2, -0.15) is 15.2 Å². The lowest BCUT2D eigenvalue weighted by atomic mass is 9.89. The summed E-state index contributed by atoms with van der Waals surface area (Å²) < 4.78 is 24.1. The first kappa shape index (κ1) is 38.6. The number of benzene rings is 2. The average Bonchev–Trinajstić information content (AvgIpc) is 3.99. The van der Waals surface area contributed by atoms with Gasteiger partial charge in [0, 0.05) is 73.0 Å². The summed E-state index contributed by atoms with van der Waals surface area (Å²) in [6, 6.07) is 16.8. The Kier molecular flexibility index (Phi) is 9.90. The maximum absolute atomic E-state index is 15.4. The van der Waals surface area contributed by atoms with Crippen molar-refractivity contribution in [3.8, 4) is 22.5 Å². The number of nitrogens with one attached hydrogen (secondary N) is 2. The molecule has 60 heavy (non-hydrogen) atoms. The molecule has 2 aromatic carbocycles. The molecule has 7 aromatic rings. The first-order valence-electron chi connectivity index (χ1n) is 19.9. The van der Waals surface area contributed by atoms with Gasteiger partial charge in [0.05, 0.1) is 22.4 Å². The number of fused-ring (bicyclic) bond motifs is 2. The van der Waals surface area contributed by atoms with Crippen molar-refractivity contribution in [2.24, 2.45) is 7.05 Å². The third-order valence-electron chi connectivity index (χ3n) is 11.2. The quantitative estimate of drug-likeness (QED) is 0.177. The van der Waals surface area contributed by atoms with Crippen molar-refractivity contribution in [1.29, 1.82) is 0 Å². The molecule has 16 nitrogen and oxygen atoms in total. The maximum Gasteiger partial charge on any atom is 0.329 e. The highest BCUT2D eigenvalue weighted by Crippen LogP contribution is 2.34. The van der Waals surface area contributed by atoms with Crippen LogP contribution < -0.4 is 15.5 Å². The van der Waals surface area contributed by atoms with E-state index in [-0.39, 0.29) is 24.7 Å². The van der Waals surface area contributed by atoms with Crippen LogP contribution >= 0.6 is 0 Å². The van der Waals surface area contributed by atoms with Crippen LogP contribution in [-0.2, 0) is 30.3 Å². The second kappa shape index (κ2) is 15.4. The Hall–Kier alpha value is -6.88. The number of carbonyl (C=O) groups excluding carboxylic acids is 3. The number of amides is 4. The number of urea groups is 1. The first-order valence-corrected chi connectivity index (χ1v) is 19.9. The summed E-state index contributed by atoms with van der Waals surface area (Å²) in [5, 5.41) is 18.7. The van der Waals surface area contributed by atoms with Crippen molar-refractivity contribution in [3.63, 3.8) is 0 Å². The van der Waals surface area contributed by atoms with Crippen molar-refractivity contribution in [2.75, 3.05) is 24.5 Å². The highest BCUT2D eigenvalue weighted by atomic mass is 19.1. The SMILES string of the molecule is Cn1nc(N2CCC(=O)NC2=O)c2ccc(C3CCN(Cc4ccc(-c5cc6c(-c7ccc(CNC(=O)c8noc(C(C)(C)C)n8)c(F)c7)ncnn6c5)nc4)CC3)cc21. The van der Waals surface area contributed by atoms with E-state index < -0.39 is 23.2 Å². The zero-order chi connectivity index (χ0) is 41.7. The van der Waals surface area contributed by atoms with Gasteiger partial charge < -0.3 is 9.84 Å². The van der Waals surface area contributed by atoms with E-state index in [1.807, 2.05) is 58.4 Å². The van der Waals surface area contributed by atoms with Gasteiger partial charge in [-0.25, -0.2) is 18.7 Å². The highest BCUT2D eigenvalue weighted by molar-refractivity contribution is 6.08. The molecule has 2 saturated heterocycles. The van der Waals surface area contributed by atoms with Crippen LogP contribution in [0.5, 0.6) is 0 Å². The molecule has 2 fully saturated rings. The number of likely N-dealkylation sites (tertiary alicyclic amines) is 1. The molecule has 0 spiro atoms. The van der Waals surface area contributed by atoms with E-state index in [0.29, 0.717) is 46.5 Å². The minimum atomic E-state index is -0.557. The van der Waals surface area contributed by atoms with Crippen LogP contribution in [0.15, 0.2) is 77.8 Å². The van der Waals surface area contributed by atoms with Gasteiger partial charge in [-0.1, -0.05) is 50.2 Å². The van der Waals surface area contributed by atoms with Crippen LogP contribution in [0.2, 0.25) is 0 Å². The molecule has 4 amide bonds. The standard InChI is InChI=1S/C43H43FN12O4/c1-43(2,3)41-50-38(52-60-41)40(58)46-21-29-7-6-28(17-32(29)44)37-35-19-30(23-56(35)48-24-47-37)33-10-5-25(20-45-33)22-54-14-11-26(12-15-54)27-8-9-31-34(18-27)53(4)51-39(31)55-16-13-36(57)49-42(55)59/h5-10,17-20,23-24,26H,11-16,21-22H2,1-4H3,(H,46,58)(H,49,57,59). The van der Waals surface area contributed by atoms with Gasteiger partial charge >= 0.3 is 6.03 Å². The number of piperidine rings is 1. The molecular formula is C43H43FN12O4. The summed E-state index contributed by atoms with van der Waals surface area (Å²) in [7, 11) is 1.88. The van der Waals surface area contributed by atoms with Crippen molar-refractivity contribution < 1.29 is 23.3 Å². The fourth-order valence-corrected chi connectivity index (χ4v) is 7.85. The van der Waals surface area contributed by atoms with Gasteiger partial charge in [0.25, 0.3) is 11.7 Å². The van der Waals surface area contributed by atoms with E-state index in [0.717, 1.165) is 60.2 Å². The third kappa shape index (κ3) is 7.58. The van der Waals surface area contributed by atoms with Crippen LogP contribution in [0.1, 0.15) is 79.2 Å². The molecule has 9 rings (SSSR count). The second-order valence-corrected chi connectivity index (χ2v) is 16.4. The fourth-order valence-electron chi connectivity index (χ4n) is 7.85. The molecule has 7 heterocycles.